The van der Waals surface area contributed by atoms with Gasteiger partial charge < -0.3 is 5.32 Å². The van der Waals surface area contributed by atoms with Gasteiger partial charge in [0.25, 0.3) is 0 Å². The van der Waals surface area contributed by atoms with Crippen LogP contribution in [-0.2, 0) is 19.9 Å². The monoisotopic (exact) mass is 353 g/mol. The van der Waals surface area contributed by atoms with E-state index in [4.69, 9.17) is 0 Å². The number of halogens is 2. The molecule has 1 unspecified atom stereocenters. The van der Waals surface area contributed by atoms with Gasteiger partial charge in [0.1, 0.15) is 5.82 Å². The van der Waals surface area contributed by atoms with Gasteiger partial charge in [-0.15, -0.1) is 0 Å². The molecule has 3 nitrogen and oxygen atoms in total. The third-order valence-electron chi connectivity index (χ3n) is 3.85. The SMILES string of the molecule is CCc1nn(C)c(CC(NC)c2cccc(C)c2F)c1Br. The number of aryl methyl sites for hydroxylation is 3. The minimum atomic E-state index is -0.133. The molecule has 5 heteroatoms. The van der Waals surface area contributed by atoms with E-state index in [0.29, 0.717) is 17.5 Å². The first kappa shape index (κ1) is 16.2. The van der Waals surface area contributed by atoms with E-state index in [9.17, 15) is 4.39 Å². The van der Waals surface area contributed by atoms with E-state index in [1.165, 1.54) is 0 Å². The van der Waals surface area contributed by atoms with Crippen molar-refractivity contribution in [2.24, 2.45) is 7.05 Å². The number of hydrogen-bond acceptors (Lipinski definition) is 2. The van der Waals surface area contributed by atoms with Gasteiger partial charge in [0.05, 0.1) is 15.9 Å². The normalized spacial score (nSPS) is 12.7. The van der Waals surface area contributed by atoms with Crippen LogP contribution >= 0.6 is 15.9 Å². The van der Waals surface area contributed by atoms with Gasteiger partial charge in [-0.3, -0.25) is 4.68 Å². The summed E-state index contributed by atoms with van der Waals surface area (Å²) in [6, 6.07) is 5.45. The molecule has 0 bridgehead atoms. The summed E-state index contributed by atoms with van der Waals surface area (Å²) in [5.41, 5.74) is 3.48. The Labute approximate surface area is 133 Å². The largest absolute Gasteiger partial charge is 0.313 e. The highest BCUT2D eigenvalue weighted by molar-refractivity contribution is 9.10. The summed E-state index contributed by atoms with van der Waals surface area (Å²) in [6.07, 6.45) is 1.55. The Bertz CT molecular complexity index is 637. The van der Waals surface area contributed by atoms with E-state index in [2.05, 4.69) is 33.3 Å². The maximum atomic E-state index is 14.3. The fourth-order valence-electron chi connectivity index (χ4n) is 2.54. The molecule has 0 fully saturated rings. The highest BCUT2D eigenvalue weighted by Crippen LogP contribution is 2.28. The molecular formula is C16H21BrFN3. The van der Waals surface area contributed by atoms with Crippen LogP contribution in [0.3, 0.4) is 0 Å². The number of likely N-dealkylation sites (N-methyl/N-ethyl adjacent to an activating group) is 1. The topological polar surface area (TPSA) is 29.9 Å². The Morgan fingerprint density at radius 1 is 1.43 bits per heavy atom. The van der Waals surface area contributed by atoms with Crippen LogP contribution in [0.15, 0.2) is 22.7 Å². The average molecular weight is 354 g/mol. The Morgan fingerprint density at radius 3 is 2.71 bits per heavy atom. The molecule has 0 saturated carbocycles. The van der Waals surface area contributed by atoms with Crippen molar-refractivity contribution < 1.29 is 4.39 Å². The van der Waals surface area contributed by atoms with Crippen LogP contribution in [0.1, 0.15) is 35.5 Å². The van der Waals surface area contributed by atoms with Gasteiger partial charge in [0.2, 0.25) is 0 Å². The summed E-state index contributed by atoms with van der Waals surface area (Å²) in [5.74, 6) is -0.133. The van der Waals surface area contributed by atoms with Crippen molar-refractivity contribution in [3.63, 3.8) is 0 Å². The van der Waals surface area contributed by atoms with Crippen molar-refractivity contribution >= 4 is 15.9 Å². The van der Waals surface area contributed by atoms with Crippen molar-refractivity contribution in [3.05, 3.63) is 51.0 Å². The molecule has 1 N–H and O–H groups in total. The lowest BCUT2D eigenvalue weighted by Gasteiger charge is -2.18. The Kier molecular flexibility index (Phi) is 5.17. The molecule has 0 radical (unpaired) electrons. The number of rotatable bonds is 5. The number of aromatic nitrogens is 2. The third-order valence-corrected chi connectivity index (χ3v) is 4.76. The van der Waals surface area contributed by atoms with Gasteiger partial charge >= 0.3 is 0 Å². The molecule has 2 rings (SSSR count). The van der Waals surface area contributed by atoms with E-state index in [-0.39, 0.29) is 11.9 Å². The van der Waals surface area contributed by atoms with Gasteiger partial charge in [0.15, 0.2) is 0 Å². The molecule has 21 heavy (non-hydrogen) atoms. The van der Waals surface area contributed by atoms with Crippen molar-refractivity contribution in [3.8, 4) is 0 Å². The molecule has 0 spiro atoms. The van der Waals surface area contributed by atoms with Crippen LogP contribution < -0.4 is 5.32 Å². The molecule has 114 valence electrons. The van der Waals surface area contributed by atoms with Crippen LogP contribution in [0.2, 0.25) is 0 Å². The van der Waals surface area contributed by atoms with Crippen molar-refractivity contribution in [2.75, 3.05) is 7.05 Å². The molecule has 1 aromatic carbocycles. The average Bonchev–Trinajstić information content (AvgIpc) is 2.74. The maximum absolute atomic E-state index is 14.3. The summed E-state index contributed by atoms with van der Waals surface area (Å²) >= 11 is 3.62. The van der Waals surface area contributed by atoms with Gasteiger partial charge in [-0.25, -0.2) is 4.39 Å². The van der Waals surface area contributed by atoms with Gasteiger partial charge in [0, 0.05) is 25.1 Å². The van der Waals surface area contributed by atoms with E-state index in [1.807, 2.05) is 30.9 Å². The molecule has 2 aromatic rings. The molecular weight excluding hydrogens is 333 g/mol. The van der Waals surface area contributed by atoms with Crippen LogP contribution in [0, 0.1) is 12.7 Å². The third kappa shape index (κ3) is 3.19. The van der Waals surface area contributed by atoms with E-state index in [0.717, 1.165) is 22.3 Å². The summed E-state index contributed by atoms with van der Waals surface area (Å²) in [7, 11) is 3.79. The maximum Gasteiger partial charge on any atom is 0.130 e. The van der Waals surface area contributed by atoms with E-state index < -0.39 is 0 Å². The standard InChI is InChI=1S/C16H21BrFN3/c1-5-12-15(17)14(21(4)20-12)9-13(19-3)11-8-6-7-10(2)16(11)18/h6-8,13,19H,5,9H2,1-4H3. The summed E-state index contributed by atoms with van der Waals surface area (Å²) in [6.45, 7) is 3.87. The number of hydrogen-bond donors (Lipinski definition) is 1. The lowest BCUT2D eigenvalue weighted by Crippen LogP contribution is -2.21. The van der Waals surface area contributed by atoms with Crippen LogP contribution in [-0.4, -0.2) is 16.8 Å². The Balaban J connectivity index is 2.36. The smallest absolute Gasteiger partial charge is 0.130 e. The van der Waals surface area contributed by atoms with Crippen LogP contribution in [0.4, 0.5) is 4.39 Å². The second kappa shape index (κ2) is 6.71. The minimum absolute atomic E-state index is 0.0821. The first-order valence-electron chi connectivity index (χ1n) is 7.12. The second-order valence-corrected chi connectivity index (χ2v) is 6.00. The van der Waals surface area contributed by atoms with Crippen molar-refractivity contribution in [1.29, 1.82) is 0 Å². The Hall–Kier alpha value is -1.20. The van der Waals surface area contributed by atoms with Gasteiger partial charge in [-0.1, -0.05) is 25.1 Å². The minimum Gasteiger partial charge on any atom is -0.313 e. The predicted octanol–water partition coefficient (Wildman–Crippen LogP) is 3.70. The lowest BCUT2D eigenvalue weighted by molar-refractivity contribution is 0.515. The molecule has 0 saturated heterocycles. The first-order valence-corrected chi connectivity index (χ1v) is 7.91. The van der Waals surface area contributed by atoms with E-state index in [1.54, 1.807) is 13.0 Å². The fourth-order valence-corrected chi connectivity index (χ4v) is 3.32. The molecule has 1 atom stereocenters. The zero-order chi connectivity index (χ0) is 15.6. The number of nitrogens with one attached hydrogen (secondary N) is 1. The second-order valence-electron chi connectivity index (χ2n) is 5.21. The lowest BCUT2D eigenvalue weighted by atomic mass is 9.99. The molecule has 0 aliphatic heterocycles. The highest BCUT2D eigenvalue weighted by Gasteiger charge is 2.20. The van der Waals surface area contributed by atoms with Gasteiger partial charge in [-0.2, -0.15) is 5.10 Å². The predicted molar refractivity (Wildman–Crippen MR) is 86.9 cm³/mol. The van der Waals surface area contributed by atoms with Crippen LogP contribution in [0.5, 0.6) is 0 Å². The zero-order valence-corrected chi connectivity index (χ0v) is 14.5. The molecule has 1 heterocycles. The molecule has 0 amide bonds. The Morgan fingerprint density at radius 2 is 2.14 bits per heavy atom. The molecule has 0 aliphatic rings. The van der Waals surface area contributed by atoms with Crippen LogP contribution in [0.25, 0.3) is 0 Å². The van der Waals surface area contributed by atoms with Crippen molar-refractivity contribution in [2.45, 2.75) is 32.7 Å². The number of nitrogens with zero attached hydrogens (tertiary/aromatic N) is 2. The first-order chi connectivity index (χ1) is 9.99. The summed E-state index contributed by atoms with van der Waals surface area (Å²) < 4.78 is 17.2. The quantitative estimate of drug-likeness (QED) is 0.888. The number of benzene rings is 1. The molecule has 1 aromatic heterocycles. The van der Waals surface area contributed by atoms with Crippen molar-refractivity contribution in [1.82, 2.24) is 15.1 Å². The van der Waals surface area contributed by atoms with E-state index >= 15 is 0 Å². The summed E-state index contributed by atoms with van der Waals surface area (Å²) in [4.78, 5) is 0. The fraction of sp³-hybridized carbons (Fsp3) is 0.438. The van der Waals surface area contributed by atoms with Gasteiger partial charge in [-0.05, 0) is 41.9 Å². The zero-order valence-electron chi connectivity index (χ0n) is 12.9. The summed E-state index contributed by atoms with van der Waals surface area (Å²) in [5, 5.41) is 7.71. The highest BCUT2D eigenvalue weighted by atomic mass is 79.9. The molecule has 0 aliphatic carbocycles.